The second-order valence-electron chi connectivity index (χ2n) is 4.63. The SMILES string of the molecule is CCN(CC)C1(N(CC)CC)C=CC(C#[N+]O)=CC1. The molecule has 4 heteroatoms. The van der Waals surface area contributed by atoms with Crippen LogP contribution in [0.3, 0.4) is 0 Å². The van der Waals surface area contributed by atoms with Crippen molar-refractivity contribution < 1.29 is 5.21 Å². The molecule has 0 saturated carbocycles. The van der Waals surface area contributed by atoms with Gasteiger partial charge < -0.3 is 0 Å². The number of rotatable bonds is 6. The van der Waals surface area contributed by atoms with Gasteiger partial charge in [0.05, 0.1) is 5.66 Å². The first kappa shape index (κ1) is 15.7. The zero-order valence-corrected chi connectivity index (χ0v) is 12.6. The molecule has 0 atom stereocenters. The van der Waals surface area contributed by atoms with Crippen LogP contribution in [0.4, 0.5) is 0 Å². The van der Waals surface area contributed by atoms with E-state index in [2.05, 4.69) is 60.7 Å². The molecule has 1 N–H and O–H groups in total. The van der Waals surface area contributed by atoms with Crippen molar-refractivity contribution in [1.29, 1.82) is 0 Å². The highest BCUT2D eigenvalue weighted by Crippen LogP contribution is 2.31. The Morgan fingerprint density at radius 3 is 2.00 bits per heavy atom. The zero-order chi connectivity index (χ0) is 14.3. The van der Waals surface area contributed by atoms with Crippen molar-refractivity contribution in [2.24, 2.45) is 0 Å². The van der Waals surface area contributed by atoms with Crippen molar-refractivity contribution in [3.63, 3.8) is 0 Å². The average molecular weight is 264 g/mol. The van der Waals surface area contributed by atoms with Crippen molar-refractivity contribution in [2.75, 3.05) is 26.2 Å². The van der Waals surface area contributed by atoms with E-state index in [1.807, 2.05) is 6.08 Å². The summed E-state index contributed by atoms with van der Waals surface area (Å²) in [5, 5.41) is 11.6. The molecule has 0 radical (unpaired) electrons. The quantitative estimate of drug-likeness (QED) is 0.591. The largest absolute Gasteiger partial charge is 0.387 e. The molecule has 0 bridgehead atoms. The lowest BCUT2D eigenvalue weighted by Gasteiger charge is -2.49. The smallest absolute Gasteiger partial charge is 0.282 e. The molecule has 1 rings (SSSR count). The van der Waals surface area contributed by atoms with Gasteiger partial charge in [0, 0.05) is 6.42 Å². The van der Waals surface area contributed by atoms with E-state index < -0.39 is 0 Å². The standard InChI is InChI=1S/C15H25N3O/c1-5-17(6-2)15(18(7-3)8-4)11-9-14(10-12-15)13-16-19/h9-11H,5-8,12H2,1-4H3/p+1. The number of nitrogens with zero attached hydrogens (tertiary/aromatic N) is 3. The highest BCUT2D eigenvalue weighted by molar-refractivity contribution is 5.40. The Morgan fingerprint density at radius 2 is 1.68 bits per heavy atom. The van der Waals surface area contributed by atoms with Gasteiger partial charge in [0.2, 0.25) is 5.01 Å². The second-order valence-corrected chi connectivity index (χ2v) is 4.63. The molecule has 0 heterocycles. The monoisotopic (exact) mass is 264 g/mol. The minimum absolute atomic E-state index is 0.0619. The fourth-order valence-electron chi connectivity index (χ4n) is 2.97. The second kappa shape index (κ2) is 7.32. The fraction of sp³-hybridized carbons (Fsp3) is 0.667. The number of allylic oxidation sites excluding steroid dienone is 2. The topological polar surface area (TPSA) is 31.1 Å². The van der Waals surface area contributed by atoms with Crippen LogP contribution in [-0.4, -0.2) is 46.8 Å². The molecule has 4 nitrogen and oxygen atoms in total. The van der Waals surface area contributed by atoms with Gasteiger partial charge >= 0.3 is 6.07 Å². The van der Waals surface area contributed by atoms with Crippen LogP contribution in [0.1, 0.15) is 34.1 Å². The van der Waals surface area contributed by atoms with Gasteiger partial charge in [0.15, 0.2) is 0 Å². The molecular weight excluding hydrogens is 238 g/mol. The third-order valence-corrected chi connectivity index (χ3v) is 3.95. The van der Waals surface area contributed by atoms with E-state index in [1.165, 1.54) is 0 Å². The fourth-order valence-corrected chi connectivity index (χ4v) is 2.97. The number of likely N-dealkylation sites (N-methyl/N-ethyl adjacent to an activating group) is 2. The lowest BCUT2D eigenvalue weighted by molar-refractivity contribution is -0.00972. The van der Waals surface area contributed by atoms with E-state index in [4.69, 9.17) is 5.21 Å². The highest BCUT2D eigenvalue weighted by Gasteiger charge is 2.38. The van der Waals surface area contributed by atoms with Crippen molar-refractivity contribution in [1.82, 2.24) is 9.80 Å². The first-order valence-electron chi connectivity index (χ1n) is 7.18. The van der Waals surface area contributed by atoms with Gasteiger partial charge in [0.25, 0.3) is 0 Å². The summed E-state index contributed by atoms with van der Waals surface area (Å²) in [6.07, 6.45) is 7.21. The molecule has 0 aromatic carbocycles. The molecule has 1 aliphatic rings. The summed E-state index contributed by atoms with van der Waals surface area (Å²) in [6, 6.07) is 2.59. The van der Waals surface area contributed by atoms with E-state index in [1.54, 1.807) is 0 Å². The third kappa shape index (κ3) is 3.17. The van der Waals surface area contributed by atoms with Crippen LogP contribution in [0, 0.1) is 6.07 Å². The summed E-state index contributed by atoms with van der Waals surface area (Å²) >= 11 is 0. The molecule has 0 unspecified atom stereocenters. The first-order valence-corrected chi connectivity index (χ1v) is 7.18. The summed E-state index contributed by atoms with van der Waals surface area (Å²) in [4.78, 5) is 4.94. The molecular formula is C15H26N3O+. The maximum absolute atomic E-state index is 8.57. The molecule has 0 aromatic rings. The molecule has 0 aromatic heterocycles. The summed E-state index contributed by atoms with van der Waals surface area (Å²) in [5.41, 5.74) is 0.783. The van der Waals surface area contributed by atoms with Crippen LogP contribution in [0.5, 0.6) is 0 Å². The highest BCUT2D eigenvalue weighted by atomic mass is 16.4. The zero-order valence-electron chi connectivity index (χ0n) is 12.6. The average Bonchev–Trinajstić information content (AvgIpc) is 2.44. The maximum Gasteiger partial charge on any atom is 0.387 e. The Hall–Kier alpha value is -1.31. The van der Waals surface area contributed by atoms with E-state index in [0.717, 1.165) is 38.2 Å². The summed E-state index contributed by atoms with van der Waals surface area (Å²) in [7, 11) is 0. The summed E-state index contributed by atoms with van der Waals surface area (Å²) < 4.78 is 0. The lowest BCUT2D eigenvalue weighted by atomic mass is 9.93. The predicted octanol–water partition coefficient (Wildman–Crippen LogP) is 2.97. The number of hydrogen-bond acceptors (Lipinski definition) is 3. The molecule has 0 saturated heterocycles. The normalized spacial score (nSPS) is 17.3. The molecule has 0 fully saturated rings. The van der Waals surface area contributed by atoms with Crippen LogP contribution in [-0.2, 0) is 0 Å². The Kier molecular flexibility index (Phi) is 6.07. The molecule has 0 spiro atoms. The Bertz CT molecular complexity index is 383. The van der Waals surface area contributed by atoms with Gasteiger partial charge in [-0.1, -0.05) is 33.8 Å². The minimum Gasteiger partial charge on any atom is -0.282 e. The molecule has 1 aliphatic carbocycles. The molecule has 0 amide bonds. The van der Waals surface area contributed by atoms with Crippen LogP contribution in [0.2, 0.25) is 0 Å². The minimum atomic E-state index is -0.0619. The Morgan fingerprint density at radius 1 is 1.16 bits per heavy atom. The summed E-state index contributed by atoms with van der Waals surface area (Å²) in [5.74, 6) is 0. The summed E-state index contributed by atoms with van der Waals surface area (Å²) in [6.45, 7) is 12.8. The Balaban J connectivity index is 3.09. The molecule has 106 valence electrons. The third-order valence-electron chi connectivity index (χ3n) is 3.95. The van der Waals surface area contributed by atoms with Crippen LogP contribution in [0.25, 0.3) is 5.01 Å². The molecule has 0 aliphatic heterocycles. The van der Waals surface area contributed by atoms with Gasteiger partial charge in [-0.15, -0.1) is 0 Å². The van der Waals surface area contributed by atoms with Crippen molar-refractivity contribution >= 4 is 0 Å². The van der Waals surface area contributed by atoms with Gasteiger partial charge in [-0.2, -0.15) is 5.21 Å². The van der Waals surface area contributed by atoms with Crippen LogP contribution in [0.15, 0.2) is 23.8 Å². The van der Waals surface area contributed by atoms with E-state index in [9.17, 15) is 0 Å². The van der Waals surface area contributed by atoms with Gasteiger partial charge in [-0.3, -0.25) is 9.80 Å². The van der Waals surface area contributed by atoms with E-state index >= 15 is 0 Å². The number of hydrogen-bond donors (Lipinski definition) is 1. The van der Waals surface area contributed by atoms with Crippen LogP contribution >= 0.6 is 0 Å². The van der Waals surface area contributed by atoms with Crippen LogP contribution < -0.4 is 0 Å². The van der Waals surface area contributed by atoms with E-state index in [0.29, 0.717) is 0 Å². The molecule has 19 heavy (non-hydrogen) atoms. The lowest BCUT2D eigenvalue weighted by Crippen LogP contribution is -2.59. The van der Waals surface area contributed by atoms with Crippen molar-refractivity contribution in [3.8, 4) is 6.07 Å². The van der Waals surface area contributed by atoms with E-state index in [-0.39, 0.29) is 5.66 Å². The predicted molar refractivity (Wildman–Crippen MR) is 79.4 cm³/mol. The van der Waals surface area contributed by atoms with Gasteiger partial charge in [-0.25, -0.2) is 0 Å². The van der Waals surface area contributed by atoms with Gasteiger partial charge in [0.1, 0.15) is 5.57 Å². The maximum atomic E-state index is 8.57. The first-order chi connectivity index (χ1) is 9.18. The Labute approximate surface area is 116 Å². The van der Waals surface area contributed by atoms with Crippen molar-refractivity contribution in [3.05, 3.63) is 28.8 Å². The van der Waals surface area contributed by atoms with Crippen molar-refractivity contribution in [2.45, 2.75) is 39.8 Å². The van der Waals surface area contributed by atoms with Gasteiger partial charge in [-0.05, 0) is 38.3 Å².